The highest BCUT2D eigenvalue weighted by molar-refractivity contribution is 14.0. The summed E-state index contributed by atoms with van der Waals surface area (Å²) in [7, 11) is 1.87. The van der Waals surface area contributed by atoms with Crippen molar-refractivity contribution in [3.63, 3.8) is 0 Å². The van der Waals surface area contributed by atoms with Crippen molar-refractivity contribution in [2.45, 2.75) is 58.2 Å². The van der Waals surface area contributed by atoms with Crippen LogP contribution in [0.1, 0.15) is 38.8 Å². The van der Waals surface area contributed by atoms with E-state index in [1.165, 1.54) is 0 Å². The molecule has 6 nitrogen and oxygen atoms in total. The molecule has 1 aromatic rings. The summed E-state index contributed by atoms with van der Waals surface area (Å²) in [6, 6.07) is 7.15. The highest BCUT2D eigenvalue weighted by Crippen LogP contribution is 2.52. The lowest BCUT2D eigenvalue weighted by Gasteiger charge is -2.55. The zero-order valence-corrected chi connectivity index (χ0v) is 19.8. The maximum Gasteiger partial charge on any atom is 0.191 e. The van der Waals surface area contributed by atoms with E-state index in [2.05, 4.69) is 64.5 Å². The van der Waals surface area contributed by atoms with Crippen LogP contribution in [0, 0.1) is 18.3 Å². The molecule has 28 heavy (non-hydrogen) atoms. The maximum absolute atomic E-state index is 5.91. The van der Waals surface area contributed by atoms with Crippen molar-refractivity contribution < 1.29 is 4.74 Å². The van der Waals surface area contributed by atoms with Gasteiger partial charge in [0.25, 0.3) is 0 Å². The molecule has 4 rings (SSSR count). The van der Waals surface area contributed by atoms with Crippen LogP contribution in [0.15, 0.2) is 23.2 Å². The number of nitrogens with zero attached hydrogens (tertiary/aromatic N) is 3. The van der Waals surface area contributed by atoms with E-state index in [0.717, 1.165) is 56.4 Å². The average molecular weight is 499 g/mol. The van der Waals surface area contributed by atoms with Gasteiger partial charge in [-0.25, -0.2) is 4.98 Å². The number of anilines is 1. The molecule has 3 fully saturated rings. The Morgan fingerprint density at radius 1 is 1.21 bits per heavy atom. The SMILES string of the molecule is CN=C(NC1CCN(c2cccc(C)n2)CC1)NC1C2CCOC2C1(C)C.I. The fraction of sp³-hybridized carbons (Fsp3) is 0.714. The van der Waals surface area contributed by atoms with Crippen LogP contribution in [0.3, 0.4) is 0 Å². The van der Waals surface area contributed by atoms with Crippen molar-refractivity contribution in [3.8, 4) is 0 Å². The Labute approximate surface area is 185 Å². The molecule has 1 aliphatic carbocycles. The van der Waals surface area contributed by atoms with Gasteiger partial charge in [-0.05, 0) is 38.3 Å². The van der Waals surface area contributed by atoms with Gasteiger partial charge in [-0.2, -0.15) is 0 Å². The minimum absolute atomic E-state index is 0. The molecule has 2 aliphatic heterocycles. The predicted octanol–water partition coefficient (Wildman–Crippen LogP) is 2.96. The van der Waals surface area contributed by atoms with Gasteiger partial charge in [0.2, 0.25) is 0 Å². The minimum atomic E-state index is 0. The maximum atomic E-state index is 5.91. The highest BCUT2D eigenvalue weighted by atomic mass is 127. The van der Waals surface area contributed by atoms with E-state index < -0.39 is 0 Å². The first-order valence-electron chi connectivity index (χ1n) is 10.3. The molecule has 1 aromatic heterocycles. The summed E-state index contributed by atoms with van der Waals surface area (Å²) in [6.45, 7) is 9.61. The van der Waals surface area contributed by atoms with Gasteiger partial charge in [-0.15, -0.1) is 24.0 Å². The largest absolute Gasteiger partial charge is 0.377 e. The Kier molecular flexibility index (Phi) is 6.74. The van der Waals surface area contributed by atoms with E-state index in [1.807, 2.05) is 7.05 Å². The molecule has 1 saturated carbocycles. The number of fused-ring (bicyclic) bond motifs is 1. The molecule has 0 bridgehead atoms. The van der Waals surface area contributed by atoms with Crippen LogP contribution in [0.25, 0.3) is 0 Å². The highest BCUT2D eigenvalue weighted by Gasteiger charge is 2.59. The van der Waals surface area contributed by atoms with Crippen LogP contribution >= 0.6 is 24.0 Å². The zero-order chi connectivity index (χ0) is 19.0. The standard InChI is InChI=1S/C21H33N5O.HI/c1-14-6-5-7-17(23-14)26-11-8-15(9-12-26)24-20(22-4)25-18-16-10-13-27-19(16)21(18,2)3;/h5-7,15-16,18-19H,8-13H2,1-4H3,(H2,22,24,25);1H. The Hall–Kier alpha value is -1.09. The number of nitrogens with one attached hydrogen (secondary N) is 2. The third-order valence-electron chi connectivity index (χ3n) is 6.65. The number of guanidine groups is 1. The van der Waals surface area contributed by atoms with Crippen LogP contribution in [-0.2, 0) is 4.74 Å². The Bertz CT molecular complexity index is 702. The first kappa shape index (κ1) is 21.6. The Balaban J connectivity index is 0.00000225. The lowest BCUT2D eigenvalue weighted by molar-refractivity contribution is -0.106. The number of aromatic nitrogens is 1. The van der Waals surface area contributed by atoms with E-state index in [9.17, 15) is 0 Å². The summed E-state index contributed by atoms with van der Waals surface area (Å²) < 4.78 is 5.91. The van der Waals surface area contributed by atoms with Crippen LogP contribution in [0.4, 0.5) is 5.82 Å². The van der Waals surface area contributed by atoms with Crippen LogP contribution < -0.4 is 15.5 Å². The monoisotopic (exact) mass is 499 g/mol. The third-order valence-corrected chi connectivity index (χ3v) is 6.65. The van der Waals surface area contributed by atoms with Crippen molar-refractivity contribution in [3.05, 3.63) is 23.9 Å². The molecule has 2 saturated heterocycles. The van der Waals surface area contributed by atoms with Gasteiger partial charge in [-0.1, -0.05) is 19.9 Å². The van der Waals surface area contributed by atoms with Crippen molar-refractivity contribution in [2.75, 3.05) is 31.6 Å². The van der Waals surface area contributed by atoms with Gasteiger partial charge in [-0.3, -0.25) is 4.99 Å². The molecular weight excluding hydrogens is 465 g/mol. The fourth-order valence-electron chi connectivity index (χ4n) is 5.09. The molecule has 0 aromatic carbocycles. The van der Waals surface area contributed by atoms with Crippen LogP contribution in [0.2, 0.25) is 0 Å². The summed E-state index contributed by atoms with van der Waals surface area (Å²) in [5.74, 6) is 2.65. The minimum Gasteiger partial charge on any atom is -0.377 e. The van der Waals surface area contributed by atoms with Gasteiger partial charge in [0.15, 0.2) is 5.96 Å². The number of rotatable bonds is 3. The molecule has 0 amide bonds. The first-order valence-corrected chi connectivity index (χ1v) is 10.3. The Morgan fingerprint density at radius 2 is 1.96 bits per heavy atom. The van der Waals surface area contributed by atoms with E-state index in [4.69, 9.17) is 4.74 Å². The summed E-state index contributed by atoms with van der Waals surface area (Å²) in [5.41, 5.74) is 1.24. The van der Waals surface area contributed by atoms with Crippen molar-refractivity contribution in [2.24, 2.45) is 16.3 Å². The lowest BCUT2D eigenvalue weighted by atomic mass is 9.57. The van der Waals surface area contributed by atoms with E-state index in [1.54, 1.807) is 0 Å². The number of halogens is 1. The van der Waals surface area contributed by atoms with Gasteiger partial charge < -0.3 is 20.3 Å². The quantitative estimate of drug-likeness (QED) is 0.381. The van der Waals surface area contributed by atoms with Crippen molar-refractivity contribution in [1.29, 1.82) is 0 Å². The van der Waals surface area contributed by atoms with E-state index in [0.29, 0.717) is 24.1 Å². The second-order valence-electron chi connectivity index (χ2n) is 8.80. The molecule has 3 aliphatic rings. The average Bonchev–Trinajstić information content (AvgIpc) is 3.13. The van der Waals surface area contributed by atoms with E-state index in [-0.39, 0.29) is 29.4 Å². The molecule has 0 spiro atoms. The number of aryl methyl sites for hydroxylation is 1. The summed E-state index contributed by atoms with van der Waals surface area (Å²) >= 11 is 0. The summed E-state index contributed by atoms with van der Waals surface area (Å²) in [6.07, 6.45) is 3.75. The second-order valence-corrected chi connectivity index (χ2v) is 8.80. The molecule has 0 radical (unpaired) electrons. The topological polar surface area (TPSA) is 61.8 Å². The Morgan fingerprint density at radius 3 is 2.64 bits per heavy atom. The number of piperidine rings is 1. The van der Waals surface area contributed by atoms with Gasteiger partial charge in [0.05, 0.1) is 6.10 Å². The number of pyridine rings is 1. The predicted molar refractivity (Wildman–Crippen MR) is 125 cm³/mol. The van der Waals surface area contributed by atoms with Crippen molar-refractivity contribution in [1.82, 2.24) is 15.6 Å². The van der Waals surface area contributed by atoms with Gasteiger partial charge >= 0.3 is 0 Å². The smallest absolute Gasteiger partial charge is 0.191 e. The molecule has 3 heterocycles. The van der Waals surface area contributed by atoms with Gasteiger partial charge in [0.1, 0.15) is 5.82 Å². The first-order chi connectivity index (χ1) is 13.0. The number of ether oxygens (including phenoxy) is 1. The van der Waals surface area contributed by atoms with Gasteiger partial charge in [0, 0.05) is 55.9 Å². The fourth-order valence-corrected chi connectivity index (χ4v) is 5.09. The number of hydrogen-bond donors (Lipinski definition) is 2. The normalized spacial score (nSPS) is 29.5. The molecule has 156 valence electrons. The molecule has 3 atom stereocenters. The second kappa shape index (κ2) is 8.73. The third kappa shape index (κ3) is 4.10. The zero-order valence-electron chi connectivity index (χ0n) is 17.4. The lowest BCUT2D eigenvalue weighted by Crippen LogP contribution is -2.68. The summed E-state index contributed by atoms with van der Waals surface area (Å²) in [5, 5.41) is 7.35. The number of aliphatic imine (C=N–C) groups is 1. The van der Waals surface area contributed by atoms with Crippen LogP contribution in [0.5, 0.6) is 0 Å². The molecule has 2 N–H and O–H groups in total. The number of hydrogen-bond acceptors (Lipinski definition) is 4. The van der Waals surface area contributed by atoms with Crippen LogP contribution in [-0.4, -0.2) is 55.9 Å². The molecule has 7 heteroatoms. The summed E-state index contributed by atoms with van der Waals surface area (Å²) in [4.78, 5) is 11.5. The van der Waals surface area contributed by atoms with Crippen molar-refractivity contribution >= 4 is 35.8 Å². The molecular formula is C21H34IN5O. The molecule has 3 unspecified atom stereocenters. The van der Waals surface area contributed by atoms with E-state index >= 15 is 0 Å².